The molecular formula is C14H11Cl2FO. The van der Waals surface area contributed by atoms with Gasteiger partial charge in [0.1, 0.15) is 11.6 Å². The molecule has 1 unspecified atom stereocenters. The Balaban J connectivity index is 2.48. The van der Waals surface area contributed by atoms with Crippen molar-refractivity contribution in [3.8, 4) is 5.75 Å². The lowest BCUT2D eigenvalue weighted by Crippen LogP contribution is -1.99. The Morgan fingerprint density at radius 2 is 1.83 bits per heavy atom. The van der Waals surface area contributed by atoms with Crippen molar-refractivity contribution in [2.45, 2.75) is 5.38 Å². The number of methoxy groups -OCH3 is 1. The summed E-state index contributed by atoms with van der Waals surface area (Å²) in [6, 6.07) is 11.5. The summed E-state index contributed by atoms with van der Waals surface area (Å²) in [5.74, 6) is 0.238. The van der Waals surface area contributed by atoms with Gasteiger partial charge in [-0.1, -0.05) is 29.8 Å². The molecule has 0 spiro atoms. The predicted octanol–water partition coefficient (Wildman–Crippen LogP) is 4.82. The van der Waals surface area contributed by atoms with E-state index in [2.05, 4.69) is 0 Å². The number of alkyl halides is 1. The third kappa shape index (κ3) is 2.60. The molecule has 0 aliphatic rings. The number of halogens is 3. The molecule has 0 aliphatic carbocycles. The van der Waals surface area contributed by atoms with Crippen molar-refractivity contribution in [1.82, 2.24) is 0 Å². The maximum atomic E-state index is 13.7. The molecule has 0 heterocycles. The summed E-state index contributed by atoms with van der Waals surface area (Å²) in [6.07, 6.45) is 0. The van der Waals surface area contributed by atoms with Crippen LogP contribution in [0.3, 0.4) is 0 Å². The molecule has 0 saturated heterocycles. The molecule has 94 valence electrons. The monoisotopic (exact) mass is 284 g/mol. The van der Waals surface area contributed by atoms with Gasteiger partial charge in [0, 0.05) is 16.1 Å². The van der Waals surface area contributed by atoms with E-state index in [9.17, 15) is 4.39 Å². The molecule has 0 aromatic heterocycles. The van der Waals surface area contributed by atoms with E-state index < -0.39 is 5.38 Å². The van der Waals surface area contributed by atoms with E-state index >= 15 is 0 Å². The molecule has 4 heteroatoms. The van der Waals surface area contributed by atoms with Crippen LogP contribution in [-0.2, 0) is 0 Å². The van der Waals surface area contributed by atoms with E-state index in [-0.39, 0.29) is 5.82 Å². The SMILES string of the molecule is COc1ccc(Cl)cc1C(Cl)c1ccccc1F. The molecule has 1 atom stereocenters. The lowest BCUT2D eigenvalue weighted by atomic mass is 10.0. The highest BCUT2D eigenvalue weighted by atomic mass is 35.5. The topological polar surface area (TPSA) is 9.23 Å². The van der Waals surface area contributed by atoms with Gasteiger partial charge in [-0.3, -0.25) is 0 Å². The number of hydrogen-bond acceptors (Lipinski definition) is 1. The fourth-order valence-electron chi connectivity index (χ4n) is 1.75. The lowest BCUT2D eigenvalue weighted by molar-refractivity contribution is 0.410. The second kappa shape index (κ2) is 5.59. The Hall–Kier alpha value is -1.25. The van der Waals surface area contributed by atoms with Gasteiger partial charge in [-0.05, 0) is 24.3 Å². The van der Waals surface area contributed by atoms with Crippen LogP contribution in [0.15, 0.2) is 42.5 Å². The van der Waals surface area contributed by atoms with Crippen LogP contribution in [0.2, 0.25) is 5.02 Å². The second-order valence-electron chi connectivity index (χ2n) is 3.77. The number of benzene rings is 2. The minimum atomic E-state index is -0.639. The Labute approximate surface area is 115 Å². The highest BCUT2D eigenvalue weighted by Gasteiger charge is 2.19. The molecule has 0 fully saturated rings. The zero-order valence-electron chi connectivity index (χ0n) is 9.66. The standard InChI is InChI=1S/C14H11Cl2FO/c1-18-13-7-6-9(15)8-11(13)14(16)10-4-2-3-5-12(10)17/h2-8,14H,1H3. The summed E-state index contributed by atoms with van der Waals surface area (Å²) in [4.78, 5) is 0. The van der Waals surface area contributed by atoms with Gasteiger partial charge in [0.15, 0.2) is 0 Å². The van der Waals surface area contributed by atoms with Crippen molar-refractivity contribution < 1.29 is 9.13 Å². The van der Waals surface area contributed by atoms with Crippen LogP contribution < -0.4 is 4.74 Å². The normalized spacial score (nSPS) is 12.2. The van der Waals surface area contributed by atoms with Gasteiger partial charge in [-0.25, -0.2) is 4.39 Å². The van der Waals surface area contributed by atoms with Crippen LogP contribution in [0.4, 0.5) is 4.39 Å². The maximum Gasteiger partial charge on any atom is 0.128 e. The zero-order valence-corrected chi connectivity index (χ0v) is 11.2. The Morgan fingerprint density at radius 1 is 1.11 bits per heavy atom. The molecule has 2 aromatic rings. The first-order valence-electron chi connectivity index (χ1n) is 5.35. The molecule has 0 radical (unpaired) electrons. The molecule has 18 heavy (non-hydrogen) atoms. The summed E-state index contributed by atoms with van der Waals surface area (Å²) < 4.78 is 18.9. The van der Waals surface area contributed by atoms with Crippen LogP contribution in [0, 0.1) is 5.82 Å². The van der Waals surface area contributed by atoms with Crippen molar-refractivity contribution in [2.24, 2.45) is 0 Å². The number of hydrogen-bond donors (Lipinski definition) is 0. The molecule has 0 saturated carbocycles. The Kier molecular flexibility index (Phi) is 4.10. The van der Waals surface area contributed by atoms with Gasteiger partial charge in [0.2, 0.25) is 0 Å². The summed E-state index contributed by atoms with van der Waals surface area (Å²) in [6.45, 7) is 0. The fourth-order valence-corrected chi connectivity index (χ4v) is 2.28. The Morgan fingerprint density at radius 3 is 2.50 bits per heavy atom. The van der Waals surface area contributed by atoms with E-state index in [0.29, 0.717) is 21.9 Å². The maximum absolute atomic E-state index is 13.7. The van der Waals surface area contributed by atoms with Gasteiger partial charge in [-0.2, -0.15) is 0 Å². The molecule has 2 rings (SSSR count). The summed E-state index contributed by atoms with van der Waals surface area (Å²) >= 11 is 12.3. The minimum absolute atomic E-state index is 0.348. The summed E-state index contributed by atoms with van der Waals surface area (Å²) in [5.41, 5.74) is 1.05. The average molecular weight is 285 g/mol. The highest BCUT2D eigenvalue weighted by Crippen LogP contribution is 2.37. The smallest absolute Gasteiger partial charge is 0.128 e. The van der Waals surface area contributed by atoms with E-state index in [4.69, 9.17) is 27.9 Å². The van der Waals surface area contributed by atoms with E-state index in [1.807, 2.05) is 0 Å². The summed E-state index contributed by atoms with van der Waals surface area (Å²) in [7, 11) is 1.54. The van der Waals surface area contributed by atoms with Crippen molar-refractivity contribution in [3.05, 3.63) is 64.4 Å². The van der Waals surface area contributed by atoms with Crippen LogP contribution >= 0.6 is 23.2 Å². The van der Waals surface area contributed by atoms with E-state index in [0.717, 1.165) is 0 Å². The molecule has 2 aromatic carbocycles. The van der Waals surface area contributed by atoms with Crippen molar-refractivity contribution >= 4 is 23.2 Å². The third-order valence-corrected chi connectivity index (χ3v) is 3.35. The van der Waals surface area contributed by atoms with Crippen LogP contribution in [0.5, 0.6) is 5.75 Å². The molecule has 0 N–H and O–H groups in total. The van der Waals surface area contributed by atoms with Gasteiger partial charge < -0.3 is 4.74 Å². The minimum Gasteiger partial charge on any atom is -0.496 e. The zero-order chi connectivity index (χ0) is 13.1. The van der Waals surface area contributed by atoms with Crippen molar-refractivity contribution in [2.75, 3.05) is 7.11 Å². The molecular weight excluding hydrogens is 274 g/mol. The van der Waals surface area contributed by atoms with Crippen LogP contribution in [0.1, 0.15) is 16.5 Å². The van der Waals surface area contributed by atoms with Crippen LogP contribution in [-0.4, -0.2) is 7.11 Å². The fraction of sp³-hybridized carbons (Fsp3) is 0.143. The van der Waals surface area contributed by atoms with Crippen LogP contribution in [0.25, 0.3) is 0 Å². The second-order valence-corrected chi connectivity index (χ2v) is 4.64. The first-order valence-corrected chi connectivity index (χ1v) is 6.17. The molecule has 1 nitrogen and oxygen atoms in total. The molecule has 0 aliphatic heterocycles. The first kappa shape index (κ1) is 13.2. The first-order chi connectivity index (χ1) is 8.63. The predicted molar refractivity (Wildman–Crippen MR) is 72.1 cm³/mol. The summed E-state index contributed by atoms with van der Waals surface area (Å²) in [5, 5.41) is -0.104. The van der Waals surface area contributed by atoms with Gasteiger partial charge in [0.25, 0.3) is 0 Å². The quantitative estimate of drug-likeness (QED) is 0.735. The van der Waals surface area contributed by atoms with E-state index in [1.165, 1.54) is 13.2 Å². The number of ether oxygens (including phenoxy) is 1. The Bertz CT molecular complexity index is 557. The number of rotatable bonds is 3. The van der Waals surface area contributed by atoms with Gasteiger partial charge in [-0.15, -0.1) is 11.6 Å². The highest BCUT2D eigenvalue weighted by molar-refractivity contribution is 6.31. The van der Waals surface area contributed by atoms with Gasteiger partial charge in [0.05, 0.1) is 12.5 Å². The largest absolute Gasteiger partial charge is 0.496 e. The molecule has 0 bridgehead atoms. The van der Waals surface area contributed by atoms with E-state index in [1.54, 1.807) is 36.4 Å². The van der Waals surface area contributed by atoms with Crippen molar-refractivity contribution in [1.29, 1.82) is 0 Å². The molecule has 0 amide bonds. The lowest BCUT2D eigenvalue weighted by Gasteiger charge is -2.15. The van der Waals surface area contributed by atoms with Crippen molar-refractivity contribution in [3.63, 3.8) is 0 Å². The average Bonchev–Trinajstić information content (AvgIpc) is 2.38. The van der Waals surface area contributed by atoms with Gasteiger partial charge >= 0.3 is 0 Å². The third-order valence-electron chi connectivity index (χ3n) is 2.64.